The highest BCUT2D eigenvalue weighted by Crippen LogP contribution is 2.18. The fourth-order valence-corrected chi connectivity index (χ4v) is 2.03. The quantitative estimate of drug-likeness (QED) is 0.786. The summed E-state index contributed by atoms with van der Waals surface area (Å²) in [6.45, 7) is 0. The summed E-state index contributed by atoms with van der Waals surface area (Å²) in [5.74, 6) is 0. The summed E-state index contributed by atoms with van der Waals surface area (Å²) < 4.78 is 22.4. The maximum atomic E-state index is 11.2. The van der Waals surface area contributed by atoms with Gasteiger partial charge in [-0.05, 0) is 12.1 Å². The molecular weight excluding hydrogens is 226 g/mol. The van der Waals surface area contributed by atoms with E-state index >= 15 is 0 Å². The molecule has 80 valence electrons. The van der Waals surface area contributed by atoms with E-state index in [1.807, 2.05) is 0 Å². The number of fused-ring (bicyclic) bond motifs is 1. The molecule has 0 atom stereocenters. The van der Waals surface area contributed by atoms with Crippen LogP contribution in [0.15, 0.2) is 35.4 Å². The highest BCUT2D eigenvalue weighted by molar-refractivity contribution is 7.89. The molecule has 16 heavy (non-hydrogen) atoms. The largest absolute Gasteiger partial charge is 0.256 e. The van der Waals surface area contributed by atoms with Crippen LogP contribution >= 0.6 is 0 Å². The lowest BCUT2D eigenvalue weighted by Crippen LogP contribution is -2.15. The van der Waals surface area contributed by atoms with Crippen molar-refractivity contribution in [2.45, 2.75) is 5.03 Å². The third-order valence-electron chi connectivity index (χ3n) is 2.08. The Kier molecular flexibility index (Phi) is 2.34. The number of rotatable bonds is 1. The van der Waals surface area contributed by atoms with Crippen molar-refractivity contribution in [1.29, 1.82) is 5.26 Å². The third kappa shape index (κ3) is 1.74. The van der Waals surface area contributed by atoms with Crippen molar-refractivity contribution < 1.29 is 8.42 Å². The van der Waals surface area contributed by atoms with Crippen molar-refractivity contribution in [2.75, 3.05) is 0 Å². The van der Waals surface area contributed by atoms with Gasteiger partial charge in [0.1, 0.15) is 6.07 Å². The first kappa shape index (κ1) is 10.5. The van der Waals surface area contributed by atoms with Crippen LogP contribution in [0.2, 0.25) is 0 Å². The van der Waals surface area contributed by atoms with Gasteiger partial charge < -0.3 is 0 Å². The van der Waals surface area contributed by atoms with E-state index in [2.05, 4.69) is 4.98 Å². The van der Waals surface area contributed by atoms with E-state index in [1.165, 1.54) is 6.07 Å². The zero-order valence-electron chi connectivity index (χ0n) is 8.08. The number of primary sulfonamides is 1. The number of nitrogens with zero attached hydrogens (tertiary/aromatic N) is 2. The minimum Gasteiger partial charge on any atom is -0.234 e. The fraction of sp³-hybridized carbons (Fsp3) is 0. The molecule has 1 aromatic carbocycles. The molecule has 0 saturated heterocycles. The molecule has 0 aliphatic rings. The maximum Gasteiger partial charge on any atom is 0.256 e. The highest BCUT2D eigenvalue weighted by Gasteiger charge is 2.16. The van der Waals surface area contributed by atoms with Gasteiger partial charge in [0.05, 0.1) is 11.1 Å². The Balaban J connectivity index is 2.90. The Morgan fingerprint density at radius 3 is 2.62 bits per heavy atom. The van der Waals surface area contributed by atoms with Crippen molar-refractivity contribution >= 4 is 20.9 Å². The molecule has 0 saturated carbocycles. The fourth-order valence-electron chi connectivity index (χ4n) is 1.40. The van der Waals surface area contributed by atoms with E-state index in [9.17, 15) is 8.42 Å². The first-order valence-electron chi connectivity index (χ1n) is 4.35. The molecule has 2 rings (SSSR count). The summed E-state index contributed by atoms with van der Waals surface area (Å²) in [5, 5.41) is 14.1. The molecule has 1 heterocycles. The molecule has 0 unspecified atom stereocenters. The minimum absolute atomic E-state index is 0.0406. The number of hydrogen-bond acceptors (Lipinski definition) is 4. The van der Waals surface area contributed by atoms with Gasteiger partial charge in [-0.2, -0.15) is 5.26 Å². The lowest BCUT2D eigenvalue weighted by molar-refractivity contribution is 0.594. The number of nitriles is 1. The Labute approximate surface area is 92.2 Å². The van der Waals surface area contributed by atoms with Gasteiger partial charge in [0.15, 0.2) is 5.03 Å². The zero-order chi connectivity index (χ0) is 11.8. The summed E-state index contributed by atoms with van der Waals surface area (Å²) in [7, 11) is -3.97. The highest BCUT2D eigenvalue weighted by atomic mass is 32.2. The second-order valence-corrected chi connectivity index (χ2v) is 4.67. The zero-order valence-corrected chi connectivity index (χ0v) is 8.90. The van der Waals surface area contributed by atoms with Crippen molar-refractivity contribution in [1.82, 2.24) is 4.98 Å². The summed E-state index contributed by atoms with van der Waals surface area (Å²) >= 11 is 0. The molecule has 5 nitrogen and oxygen atoms in total. The van der Waals surface area contributed by atoms with E-state index in [1.54, 1.807) is 30.3 Å². The van der Waals surface area contributed by atoms with Gasteiger partial charge in [-0.3, -0.25) is 0 Å². The molecule has 2 N–H and O–H groups in total. The normalized spacial score (nSPS) is 11.2. The molecule has 2 aromatic rings. The number of para-hydroxylation sites is 1. The van der Waals surface area contributed by atoms with Crippen LogP contribution < -0.4 is 5.14 Å². The van der Waals surface area contributed by atoms with Crippen molar-refractivity contribution in [3.05, 3.63) is 35.9 Å². The maximum absolute atomic E-state index is 11.2. The number of nitrogens with two attached hydrogens (primary N) is 1. The SMILES string of the molecule is N#Cc1cc2ccccc2nc1S(N)(=O)=O. The van der Waals surface area contributed by atoms with Crippen molar-refractivity contribution in [2.24, 2.45) is 5.14 Å². The standard InChI is InChI=1S/C10H7N3O2S/c11-6-8-5-7-3-1-2-4-9(7)13-10(8)16(12,14)15/h1-5H,(H2,12,14,15). The number of benzene rings is 1. The first-order valence-corrected chi connectivity index (χ1v) is 5.90. The minimum atomic E-state index is -3.97. The molecule has 0 bridgehead atoms. The predicted molar refractivity (Wildman–Crippen MR) is 57.8 cm³/mol. The van der Waals surface area contributed by atoms with Gasteiger partial charge in [-0.25, -0.2) is 18.5 Å². The molecule has 0 aliphatic carbocycles. The summed E-state index contributed by atoms with van der Waals surface area (Å²) in [4.78, 5) is 3.88. The molecule has 0 spiro atoms. The molecule has 0 amide bonds. The summed E-state index contributed by atoms with van der Waals surface area (Å²) in [6.07, 6.45) is 0. The average Bonchev–Trinajstić information content (AvgIpc) is 2.26. The van der Waals surface area contributed by atoms with Crippen LogP contribution in [0.3, 0.4) is 0 Å². The van der Waals surface area contributed by atoms with Crippen LogP contribution in [0.4, 0.5) is 0 Å². The smallest absolute Gasteiger partial charge is 0.234 e. The monoisotopic (exact) mass is 233 g/mol. The molecule has 0 radical (unpaired) electrons. The third-order valence-corrected chi connectivity index (χ3v) is 2.93. The van der Waals surface area contributed by atoms with E-state index in [-0.39, 0.29) is 10.6 Å². The van der Waals surface area contributed by atoms with Crippen LogP contribution in [0, 0.1) is 11.3 Å². The molecular formula is C10H7N3O2S. The summed E-state index contributed by atoms with van der Waals surface area (Å²) in [6, 6.07) is 10.1. The van der Waals surface area contributed by atoms with E-state index in [0.29, 0.717) is 10.9 Å². The lowest BCUT2D eigenvalue weighted by atomic mass is 10.2. The topological polar surface area (TPSA) is 96.8 Å². The number of hydrogen-bond donors (Lipinski definition) is 1. The van der Waals surface area contributed by atoms with E-state index in [0.717, 1.165) is 0 Å². The van der Waals surface area contributed by atoms with Crippen LogP contribution in [-0.2, 0) is 10.0 Å². The van der Waals surface area contributed by atoms with Crippen molar-refractivity contribution in [3.8, 4) is 6.07 Å². The van der Waals surface area contributed by atoms with Crippen LogP contribution in [0.1, 0.15) is 5.56 Å². The lowest BCUT2D eigenvalue weighted by Gasteiger charge is -2.02. The van der Waals surface area contributed by atoms with Gasteiger partial charge in [0.2, 0.25) is 0 Å². The number of sulfonamides is 1. The van der Waals surface area contributed by atoms with Gasteiger partial charge in [-0.1, -0.05) is 18.2 Å². The number of aromatic nitrogens is 1. The van der Waals surface area contributed by atoms with Crippen LogP contribution in [0.25, 0.3) is 10.9 Å². The molecule has 0 aliphatic heterocycles. The average molecular weight is 233 g/mol. The Bertz CT molecular complexity index is 702. The van der Waals surface area contributed by atoms with Gasteiger partial charge in [-0.15, -0.1) is 0 Å². The van der Waals surface area contributed by atoms with E-state index in [4.69, 9.17) is 10.4 Å². The Hall–Kier alpha value is -1.97. The second kappa shape index (κ2) is 3.56. The van der Waals surface area contributed by atoms with E-state index < -0.39 is 10.0 Å². The number of pyridine rings is 1. The van der Waals surface area contributed by atoms with Crippen LogP contribution in [-0.4, -0.2) is 13.4 Å². The molecule has 6 heteroatoms. The van der Waals surface area contributed by atoms with Gasteiger partial charge in [0, 0.05) is 5.39 Å². The van der Waals surface area contributed by atoms with Gasteiger partial charge >= 0.3 is 0 Å². The predicted octanol–water partition coefficient (Wildman–Crippen LogP) is 0.754. The Morgan fingerprint density at radius 1 is 1.31 bits per heavy atom. The van der Waals surface area contributed by atoms with Gasteiger partial charge in [0.25, 0.3) is 10.0 Å². The molecule has 0 fully saturated rings. The van der Waals surface area contributed by atoms with Crippen LogP contribution in [0.5, 0.6) is 0 Å². The Morgan fingerprint density at radius 2 is 2.00 bits per heavy atom. The summed E-state index contributed by atoms with van der Waals surface area (Å²) in [5.41, 5.74) is 0.451. The second-order valence-electron chi connectivity index (χ2n) is 3.19. The van der Waals surface area contributed by atoms with Crippen molar-refractivity contribution in [3.63, 3.8) is 0 Å². The molecule has 1 aromatic heterocycles. The first-order chi connectivity index (χ1) is 7.52.